The minimum atomic E-state index is -1.17. The third-order valence-corrected chi connectivity index (χ3v) is 5.07. The number of hydrogen-bond donors (Lipinski definition) is 2. The highest BCUT2D eigenvalue weighted by Crippen LogP contribution is 2.32. The van der Waals surface area contributed by atoms with Gasteiger partial charge in [-0.1, -0.05) is 32.9 Å². The summed E-state index contributed by atoms with van der Waals surface area (Å²) in [5.74, 6) is -0.756. The van der Waals surface area contributed by atoms with E-state index >= 15 is 0 Å². The summed E-state index contributed by atoms with van der Waals surface area (Å²) < 4.78 is 5.80. The van der Waals surface area contributed by atoms with Crippen molar-refractivity contribution in [3.05, 3.63) is 69.9 Å². The maximum absolute atomic E-state index is 11.5. The highest BCUT2D eigenvalue weighted by atomic mass is 32.1. The molecule has 140 valence electrons. The molecule has 0 aliphatic carbocycles. The molecule has 0 unspecified atom stereocenters. The van der Waals surface area contributed by atoms with Gasteiger partial charge in [-0.05, 0) is 63.2 Å². The first-order valence-electron chi connectivity index (χ1n) is 8.61. The van der Waals surface area contributed by atoms with Gasteiger partial charge < -0.3 is 14.9 Å². The predicted molar refractivity (Wildman–Crippen MR) is 108 cm³/mol. The molecule has 3 rings (SSSR count). The first-order valence-corrected chi connectivity index (χ1v) is 9.55. The third kappa shape index (κ3) is 4.31. The summed E-state index contributed by atoms with van der Waals surface area (Å²) in [7, 11) is 0. The van der Waals surface area contributed by atoms with Gasteiger partial charge in [-0.25, -0.2) is 4.79 Å². The molecule has 1 heterocycles. The van der Waals surface area contributed by atoms with E-state index in [4.69, 9.17) is 4.74 Å². The van der Waals surface area contributed by atoms with Crippen LogP contribution in [0.1, 0.15) is 42.3 Å². The Labute approximate surface area is 162 Å². The van der Waals surface area contributed by atoms with Crippen LogP contribution in [0.4, 0.5) is 0 Å². The topological polar surface area (TPSA) is 66.8 Å². The summed E-state index contributed by atoms with van der Waals surface area (Å²) in [6.07, 6.45) is 0. The molecule has 1 aromatic heterocycles. The van der Waals surface area contributed by atoms with E-state index in [9.17, 15) is 15.0 Å². The Kier molecular flexibility index (Phi) is 5.24. The van der Waals surface area contributed by atoms with E-state index in [0.717, 1.165) is 11.1 Å². The van der Waals surface area contributed by atoms with E-state index < -0.39 is 5.97 Å². The molecule has 0 saturated heterocycles. The Morgan fingerprint density at radius 1 is 1.07 bits per heavy atom. The summed E-state index contributed by atoms with van der Waals surface area (Å²) in [4.78, 5) is 11.5. The lowest BCUT2D eigenvalue weighted by atomic mass is 9.87. The standard InChI is InChI=1S/C22H22O4S/c1-22(2,3)17-4-6-18(7-5-17)26-12-16-10-15(14-8-9-27-13-14)11-19(20(16)23)21(24)25/h4-11,13,23H,12H2,1-3H3,(H,24,25). The van der Waals surface area contributed by atoms with Crippen molar-refractivity contribution in [1.29, 1.82) is 0 Å². The van der Waals surface area contributed by atoms with E-state index in [0.29, 0.717) is 11.3 Å². The summed E-state index contributed by atoms with van der Waals surface area (Å²) in [6.45, 7) is 6.51. The van der Waals surface area contributed by atoms with Crippen molar-refractivity contribution in [2.45, 2.75) is 32.8 Å². The lowest BCUT2D eigenvalue weighted by Crippen LogP contribution is -2.10. The molecule has 0 aliphatic rings. The van der Waals surface area contributed by atoms with Crippen LogP contribution in [0.25, 0.3) is 11.1 Å². The normalized spacial score (nSPS) is 11.4. The number of carboxylic acids is 1. The van der Waals surface area contributed by atoms with Gasteiger partial charge in [0.1, 0.15) is 23.7 Å². The predicted octanol–water partition coefficient (Wildman–Crippen LogP) is 5.70. The average molecular weight is 382 g/mol. The van der Waals surface area contributed by atoms with Crippen molar-refractivity contribution >= 4 is 17.3 Å². The van der Waals surface area contributed by atoms with Gasteiger partial charge in [0.25, 0.3) is 0 Å². The van der Waals surface area contributed by atoms with Gasteiger partial charge in [-0.2, -0.15) is 11.3 Å². The Balaban J connectivity index is 1.87. The number of rotatable bonds is 5. The minimum Gasteiger partial charge on any atom is -0.507 e. The second-order valence-corrected chi connectivity index (χ2v) is 8.19. The van der Waals surface area contributed by atoms with E-state index in [1.807, 2.05) is 41.1 Å². The molecule has 0 radical (unpaired) electrons. The maximum atomic E-state index is 11.5. The number of aromatic carboxylic acids is 1. The highest BCUT2D eigenvalue weighted by Gasteiger charge is 2.17. The van der Waals surface area contributed by atoms with Crippen molar-refractivity contribution in [3.63, 3.8) is 0 Å². The van der Waals surface area contributed by atoms with Crippen LogP contribution in [0.3, 0.4) is 0 Å². The summed E-state index contributed by atoms with van der Waals surface area (Å²) in [6, 6.07) is 13.0. The lowest BCUT2D eigenvalue weighted by molar-refractivity contribution is 0.0693. The molecule has 0 aliphatic heterocycles. The van der Waals surface area contributed by atoms with Crippen molar-refractivity contribution in [3.8, 4) is 22.6 Å². The molecule has 0 atom stereocenters. The van der Waals surface area contributed by atoms with Gasteiger partial charge in [-0.15, -0.1) is 0 Å². The number of carbonyl (C=O) groups is 1. The molecule has 0 bridgehead atoms. The largest absolute Gasteiger partial charge is 0.507 e. The number of ether oxygens (including phenoxy) is 1. The van der Waals surface area contributed by atoms with Crippen molar-refractivity contribution in [2.75, 3.05) is 0 Å². The second-order valence-electron chi connectivity index (χ2n) is 7.41. The number of benzene rings is 2. The van der Waals surface area contributed by atoms with Crippen LogP contribution < -0.4 is 4.74 Å². The number of thiophene rings is 1. The number of aromatic hydroxyl groups is 1. The molecule has 3 aromatic rings. The SMILES string of the molecule is CC(C)(C)c1ccc(OCc2cc(-c3ccsc3)cc(C(=O)O)c2O)cc1. The number of phenols is 1. The fourth-order valence-electron chi connectivity index (χ4n) is 2.78. The molecular weight excluding hydrogens is 360 g/mol. The van der Waals surface area contributed by atoms with Gasteiger partial charge >= 0.3 is 5.97 Å². The molecule has 0 saturated carbocycles. The van der Waals surface area contributed by atoms with Crippen LogP contribution in [0.15, 0.2) is 53.2 Å². The zero-order chi connectivity index (χ0) is 19.6. The molecular formula is C22H22O4S. The smallest absolute Gasteiger partial charge is 0.339 e. The Morgan fingerprint density at radius 3 is 2.33 bits per heavy atom. The monoisotopic (exact) mass is 382 g/mol. The molecule has 0 spiro atoms. The molecule has 0 fully saturated rings. The zero-order valence-corrected chi connectivity index (χ0v) is 16.3. The van der Waals surface area contributed by atoms with Gasteiger partial charge in [0.2, 0.25) is 0 Å². The fraction of sp³-hybridized carbons (Fsp3) is 0.227. The number of hydrogen-bond acceptors (Lipinski definition) is 4. The first-order chi connectivity index (χ1) is 12.8. The summed E-state index contributed by atoms with van der Waals surface area (Å²) >= 11 is 1.53. The third-order valence-electron chi connectivity index (χ3n) is 4.39. The van der Waals surface area contributed by atoms with Crippen LogP contribution in [0.5, 0.6) is 11.5 Å². The van der Waals surface area contributed by atoms with Gasteiger partial charge in [0, 0.05) is 5.56 Å². The zero-order valence-electron chi connectivity index (χ0n) is 15.5. The second kappa shape index (κ2) is 7.45. The van der Waals surface area contributed by atoms with E-state index in [-0.39, 0.29) is 23.3 Å². The van der Waals surface area contributed by atoms with E-state index in [1.54, 1.807) is 6.07 Å². The molecule has 5 heteroatoms. The molecule has 27 heavy (non-hydrogen) atoms. The van der Waals surface area contributed by atoms with Crippen LogP contribution in [-0.4, -0.2) is 16.2 Å². The number of carboxylic acid groups (broad SMARTS) is 1. The van der Waals surface area contributed by atoms with E-state index in [2.05, 4.69) is 20.8 Å². The van der Waals surface area contributed by atoms with Gasteiger partial charge in [0.05, 0.1) is 0 Å². The first kappa shape index (κ1) is 19.0. The summed E-state index contributed by atoms with van der Waals surface area (Å²) in [5.41, 5.74) is 3.23. The Morgan fingerprint density at radius 2 is 1.78 bits per heavy atom. The van der Waals surface area contributed by atoms with Crippen LogP contribution in [0.2, 0.25) is 0 Å². The van der Waals surface area contributed by atoms with Crippen LogP contribution in [-0.2, 0) is 12.0 Å². The Bertz CT molecular complexity index is 936. The van der Waals surface area contributed by atoms with E-state index in [1.165, 1.54) is 23.0 Å². The molecule has 2 aromatic carbocycles. The molecule has 2 N–H and O–H groups in total. The minimum absolute atomic E-state index is 0.0576. The fourth-order valence-corrected chi connectivity index (χ4v) is 3.44. The highest BCUT2D eigenvalue weighted by molar-refractivity contribution is 7.08. The van der Waals surface area contributed by atoms with Crippen LogP contribution in [0, 0.1) is 0 Å². The molecule has 0 amide bonds. The summed E-state index contributed by atoms with van der Waals surface area (Å²) in [5, 5.41) is 23.6. The van der Waals surface area contributed by atoms with Crippen molar-refractivity contribution < 1.29 is 19.7 Å². The average Bonchev–Trinajstić information content (AvgIpc) is 3.15. The lowest BCUT2D eigenvalue weighted by Gasteiger charge is -2.19. The Hall–Kier alpha value is -2.79. The van der Waals surface area contributed by atoms with Crippen molar-refractivity contribution in [2.24, 2.45) is 0 Å². The van der Waals surface area contributed by atoms with Gasteiger partial charge in [-0.3, -0.25) is 0 Å². The van der Waals surface area contributed by atoms with Crippen LogP contribution >= 0.6 is 11.3 Å². The quantitative estimate of drug-likeness (QED) is 0.594. The molecule has 4 nitrogen and oxygen atoms in total. The van der Waals surface area contributed by atoms with Gasteiger partial charge in [0.15, 0.2) is 0 Å². The maximum Gasteiger partial charge on any atom is 0.339 e. The van der Waals surface area contributed by atoms with Crippen molar-refractivity contribution in [1.82, 2.24) is 0 Å².